The van der Waals surface area contributed by atoms with E-state index in [2.05, 4.69) is 47.7 Å². The summed E-state index contributed by atoms with van der Waals surface area (Å²) in [6.45, 7) is 18.8. The minimum Gasteiger partial charge on any atom is -0.408 e. The first-order valence-electron chi connectivity index (χ1n) is 10.4. The highest BCUT2D eigenvalue weighted by Crippen LogP contribution is 2.42. The van der Waals surface area contributed by atoms with Crippen LogP contribution in [0.2, 0.25) is 23.2 Å². The molecule has 2 rings (SSSR count). The molecule has 0 radical (unpaired) electrons. The van der Waals surface area contributed by atoms with Crippen molar-refractivity contribution in [2.24, 2.45) is 0 Å². The first-order valence-corrected chi connectivity index (χ1v) is 13.7. The number of nitrogens with zero attached hydrogens (tertiary/aromatic N) is 1. The molecule has 0 amide bonds. The SMILES string of the molecule is CCC(C)(O)c1cc(C(C)(C)O[Si](C)(C)C(C)(C)C)cc(-c2ccc(F)c(Cl)c2)n1. The molecule has 0 saturated carbocycles. The van der Waals surface area contributed by atoms with Gasteiger partial charge in [0, 0.05) is 5.56 Å². The third-order valence-electron chi connectivity index (χ3n) is 6.29. The van der Waals surface area contributed by atoms with E-state index in [0.717, 1.165) is 5.56 Å². The van der Waals surface area contributed by atoms with Crippen molar-refractivity contribution >= 4 is 19.9 Å². The monoisotopic (exact) mass is 451 g/mol. The van der Waals surface area contributed by atoms with Gasteiger partial charge in [0.1, 0.15) is 11.4 Å². The van der Waals surface area contributed by atoms with E-state index >= 15 is 0 Å². The van der Waals surface area contributed by atoms with E-state index in [0.29, 0.717) is 23.4 Å². The van der Waals surface area contributed by atoms with Gasteiger partial charge in [0.15, 0.2) is 8.32 Å². The van der Waals surface area contributed by atoms with Gasteiger partial charge in [0.05, 0.1) is 22.0 Å². The molecule has 0 spiro atoms. The summed E-state index contributed by atoms with van der Waals surface area (Å²) in [6.07, 6.45) is 0.511. The van der Waals surface area contributed by atoms with Crippen molar-refractivity contribution in [2.45, 2.75) is 84.2 Å². The van der Waals surface area contributed by atoms with E-state index in [-0.39, 0.29) is 10.1 Å². The Hall–Kier alpha value is -1.27. The second-order valence-corrected chi connectivity index (χ2v) is 15.4. The average Bonchev–Trinajstić information content (AvgIpc) is 2.61. The van der Waals surface area contributed by atoms with Crippen LogP contribution in [0.1, 0.15) is 66.1 Å². The van der Waals surface area contributed by atoms with Crippen molar-refractivity contribution in [3.05, 3.63) is 52.4 Å². The Balaban J connectivity index is 2.66. The minimum atomic E-state index is -2.06. The maximum Gasteiger partial charge on any atom is 0.193 e. The molecule has 30 heavy (non-hydrogen) atoms. The highest BCUT2D eigenvalue weighted by Gasteiger charge is 2.42. The zero-order valence-electron chi connectivity index (χ0n) is 19.7. The summed E-state index contributed by atoms with van der Waals surface area (Å²) in [7, 11) is -2.06. The number of hydrogen-bond donors (Lipinski definition) is 1. The fourth-order valence-corrected chi connectivity index (χ4v) is 4.87. The smallest absolute Gasteiger partial charge is 0.193 e. The van der Waals surface area contributed by atoms with Crippen molar-refractivity contribution < 1.29 is 13.9 Å². The lowest BCUT2D eigenvalue weighted by Crippen LogP contribution is -2.46. The third-order valence-corrected chi connectivity index (χ3v) is 11.2. The van der Waals surface area contributed by atoms with Crippen LogP contribution >= 0.6 is 11.6 Å². The molecule has 0 aliphatic rings. The van der Waals surface area contributed by atoms with E-state index in [1.807, 2.05) is 19.1 Å². The first-order chi connectivity index (χ1) is 13.5. The lowest BCUT2D eigenvalue weighted by molar-refractivity contribution is 0.0474. The Morgan fingerprint density at radius 3 is 2.17 bits per heavy atom. The average molecular weight is 452 g/mol. The Kier molecular flexibility index (Phi) is 6.95. The molecule has 1 aromatic carbocycles. The second-order valence-electron chi connectivity index (χ2n) is 10.3. The molecule has 6 heteroatoms. The van der Waals surface area contributed by atoms with Gasteiger partial charge in [-0.15, -0.1) is 0 Å². The molecule has 0 fully saturated rings. The molecule has 2 aromatic rings. The largest absolute Gasteiger partial charge is 0.408 e. The molecule has 1 heterocycles. The Bertz CT molecular complexity index is 920. The van der Waals surface area contributed by atoms with Crippen LogP contribution in [0.25, 0.3) is 11.3 Å². The zero-order valence-corrected chi connectivity index (χ0v) is 21.4. The molecular weight excluding hydrogens is 417 g/mol. The number of aliphatic hydroxyl groups is 1. The van der Waals surface area contributed by atoms with Crippen LogP contribution in [-0.4, -0.2) is 18.4 Å². The summed E-state index contributed by atoms with van der Waals surface area (Å²) >= 11 is 6.02. The van der Waals surface area contributed by atoms with Gasteiger partial charge in [-0.1, -0.05) is 39.3 Å². The maximum absolute atomic E-state index is 13.7. The number of halogens is 2. The molecule has 0 aliphatic carbocycles. The number of pyridine rings is 1. The summed E-state index contributed by atoms with van der Waals surface area (Å²) in [5.74, 6) is -0.473. The summed E-state index contributed by atoms with van der Waals surface area (Å²) in [4.78, 5) is 4.70. The predicted molar refractivity (Wildman–Crippen MR) is 126 cm³/mol. The van der Waals surface area contributed by atoms with E-state index in [4.69, 9.17) is 21.0 Å². The zero-order chi connectivity index (χ0) is 23.1. The van der Waals surface area contributed by atoms with Crippen molar-refractivity contribution in [1.29, 1.82) is 0 Å². The van der Waals surface area contributed by atoms with Gasteiger partial charge in [-0.2, -0.15) is 0 Å². The third kappa shape index (κ3) is 5.31. The van der Waals surface area contributed by atoms with Gasteiger partial charge in [0.2, 0.25) is 0 Å². The van der Waals surface area contributed by atoms with Crippen LogP contribution in [-0.2, 0) is 15.6 Å². The van der Waals surface area contributed by atoms with Crippen molar-refractivity contribution in [3.63, 3.8) is 0 Å². The Labute approximate surface area is 186 Å². The molecule has 1 unspecified atom stereocenters. The van der Waals surface area contributed by atoms with Gasteiger partial charge in [0.25, 0.3) is 0 Å². The fraction of sp³-hybridized carbons (Fsp3) is 0.542. The molecule has 1 N–H and O–H groups in total. The molecule has 3 nitrogen and oxygen atoms in total. The summed E-state index contributed by atoms with van der Waals surface area (Å²) in [5, 5.41) is 11.0. The summed E-state index contributed by atoms with van der Waals surface area (Å²) in [5.41, 5.74) is 1.11. The van der Waals surface area contributed by atoms with Crippen LogP contribution in [0.15, 0.2) is 30.3 Å². The van der Waals surface area contributed by atoms with E-state index < -0.39 is 25.3 Å². The second kappa shape index (κ2) is 8.34. The van der Waals surface area contributed by atoms with Crippen molar-refractivity contribution in [2.75, 3.05) is 0 Å². The predicted octanol–water partition coefficient (Wildman–Crippen LogP) is 7.42. The normalized spacial score (nSPS) is 15.2. The van der Waals surface area contributed by atoms with Crippen molar-refractivity contribution in [1.82, 2.24) is 4.98 Å². The van der Waals surface area contributed by atoms with Crippen LogP contribution < -0.4 is 0 Å². The quantitative estimate of drug-likeness (QED) is 0.464. The van der Waals surface area contributed by atoms with E-state index in [1.54, 1.807) is 19.1 Å². The van der Waals surface area contributed by atoms with Crippen LogP contribution in [0.3, 0.4) is 0 Å². The first kappa shape index (κ1) is 25.0. The molecule has 0 saturated heterocycles. The number of rotatable bonds is 6. The molecule has 0 aliphatic heterocycles. The maximum atomic E-state index is 13.7. The van der Waals surface area contributed by atoms with Crippen LogP contribution in [0.4, 0.5) is 4.39 Å². The van der Waals surface area contributed by atoms with Gasteiger partial charge >= 0.3 is 0 Å². The molecule has 166 valence electrons. The number of hydrogen-bond acceptors (Lipinski definition) is 3. The molecular formula is C24H35ClFNO2Si. The summed E-state index contributed by atoms with van der Waals surface area (Å²) < 4.78 is 20.5. The minimum absolute atomic E-state index is 0.0419. The summed E-state index contributed by atoms with van der Waals surface area (Å²) in [6, 6.07) is 8.42. The van der Waals surface area contributed by atoms with Crippen LogP contribution in [0.5, 0.6) is 0 Å². The van der Waals surface area contributed by atoms with E-state index in [1.165, 1.54) is 6.07 Å². The van der Waals surface area contributed by atoms with Gasteiger partial charge < -0.3 is 9.53 Å². The Morgan fingerprint density at radius 1 is 1.07 bits per heavy atom. The standard InChI is InChI=1S/C24H35ClFNO2Si/c1-10-24(7,28)21-15-17(23(5,6)29-30(8,9)22(2,3)4)14-20(27-21)16-11-12-19(26)18(25)13-16/h11-15,28H,10H2,1-9H3. The van der Waals surface area contributed by atoms with E-state index in [9.17, 15) is 9.50 Å². The lowest BCUT2D eigenvalue weighted by Gasteiger charge is -2.43. The van der Waals surface area contributed by atoms with Crippen molar-refractivity contribution in [3.8, 4) is 11.3 Å². The number of aromatic nitrogens is 1. The van der Waals surface area contributed by atoms with Gasteiger partial charge in [-0.3, -0.25) is 0 Å². The van der Waals surface area contributed by atoms with Gasteiger partial charge in [-0.05, 0) is 81.2 Å². The highest BCUT2D eigenvalue weighted by molar-refractivity contribution is 6.74. The molecule has 1 atom stereocenters. The highest BCUT2D eigenvalue weighted by atomic mass is 35.5. The van der Waals surface area contributed by atoms with Crippen LogP contribution in [0, 0.1) is 5.82 Å². The topological polar surface area (TPSA) is 42.4 Å². The lowest BCUT2D eigenvalue weighted by atomic mass is 9.91. The van der Waals surface area contributed by atoms with Gasteiger partial charge in [-0.25, -0.2) is 9.37 Å². The molecule has 1 aromatic heterocycles. The molecule has 0 bridgehead atoms. The fourth-order valence-electron chi connectivity index (χ4n) is 2.99. The Morgan fingerprint density at radius 2 is 1.67 bits per heavy atom. The number of benzene rings is 1.